The molecule has 2 heterocycles. The summed E-state index contributed by atoms with van der Waals surface area (Å²) < 4.78 is 0. The van der Waals surface area contributed by atoms with Gasteiger partial charge in [-0.3, -0.25) is 9.80 Å². The van der Waals surface area contributed by atoms with Crippen LogP contribution in [-0.4, -0.2) is 60.8 Å². The first kappa shape index (κ1) is 14.0. The van der Waals surface area contributed by atoms with Crippen molar-refractivity contribution in [3.8, 4) is 0 Å². The molecule has 1 aliphatic rings. The number of thiophene rings is 1. The Morgan fingerprint density at radius 2 is 2.11 bits per heavy atom. The highest BCUT2D eigenvalue weighted by Crippen LogP contribution is 2.28. The van der Waals surface area contributed by atoms with Gasteiger partial charge in [-0.05, 0) is 23.9 Å². The molecule has 5 heteroatoms. The summed E-state index contributed by atoms with van der Waals surface area (Å²) in [6.45, 7) is 8.03. The third-order valence-corrected chi connectivity index (χ3v) is 4.81. The quantitative estimate of drug-likeness (QED) is 0.825. The lowest BCUT2D eigenvalue weighted by Gasteiger charge is -2.38. The van der Waals surface area contributed by atoms with Gasteiger partial charge in [-0.25, -0.2) is 0 Å². The van der Waals surface area contributed by atoms with Crippen LogP contribution in [-0.2, 0) is 0 Å². The van der Waals surface area contributed by atoms with E-state index in [9.17, 15) is 0 Å². The molecule has 3 N–H and O–H groups in total. The van der Waals surface area contributed by atoms with Crippen LogP contribution in [0.3, 0.4) is 0 Å². The van der Waals surface area contributed by atoms with E-state index >= 15 is 0 Å². The highest BCUT2D eigenvalue weighted by atomic mass is 32.1. The maximum absolute atomic E-state index is 8.95. The normalized spacial score (nSPS) is 20.2. The molecule has 0 amide bonds. The van der Waals surface area contributed by atoms with Crippen molar-refractivity contribution in [1.29, 1.82) is 0 Å². The number of aliphatic hydroxyl groups is 1. The molecule has 4 nitrogen and oxygen atoms in total. The number of aryl methyl sites for hydroxylation is 1. The van der Waals surface area contributed by atoms with E-state index in [1.54, 1.807) is 0 Å². The summed E-state index contributed by atoms with van der Waals surface area (Å²) in [6, 6.07) is 2.53. The minimum absolute atomic E-state index is 0.254. The highest BCUT2D eigenvalue weighted by Gasteiger charge is 2.25. The summed E-state index contributed by atoms with van der Waals surface area (Å²) in [5.41, 5.74) is 7.32. The van der Waals surface area contributed by atoms with Crippen LogP contribution in [0.5, 0.6) is 0 Å². The Morgan fingerprint density at radius 1 is 1.39 bits per heavy atom. The number of nitrogens with two attached hydrogens (primary N) is 1. The SMILES string of the molecule is Cc1ccsc1C(CN)N1CCN(CCO)CC1. The first-order valence-electron chi connectivity index (χ1n) is 6.57. The molecule has 0 saturated carbocycles. The number of piperazine rings is 1. The number of hydrogen-bond acceptors (Lipinski definition) is 5. The molecule has 0 bridgehead atoms. The number of β-amino-alcohol motifs (C(OH)–C–C–N with tert-alkyl or cyclic N) is 1. The van der Waals surface area contributed by atoms with Crippen molar-refractivity contribution in [3.63, 3.8) is 0 Å². The smallest absolute Gasteiger partial charge is 0.0567 e. The highest BCUT2D eigenvalue weighted by molar-refractivity contribution is 7.10. The molecule has 2 rings (SSSR count). The molecule has 1 aliphatic heterocycles. The van der Waals surface area contributed by atoms with Crippen molar-refractivity contribution in [3.05, 3.63) is 21.9 Å². The zero-order valence-electron chi connectivity index (χ0n) is 11.0. The number of rotatable bonds is 5. The van der Waals surface area contributed by atoms with Gasteiger partial charge in [0.2, 0.25) is 0 Å². The van der Waals surface area contributed by atoms with Gasteiger partial charge in [0.15, 0.2) is 0 Å². The third kappa shape index (κ3) is 3.10. The van der Waals surface area contributed by atoms with E-state index < -0.39 is 0 Å². The number of hydrogen-bond donors (Lipinski definition) is 2. The maximum Gasteiger partial charge on any atom is 0.0567 e. The van der Waals surface area contributed by atoms with Gasteiger partial charge in [-0.2, -0.15) is 0 Å². The molecule has 0 radical (unpaired) electrons. The molecule has 1 aromatic rings. The third-order valence-electron chi connectivity index (χ3n) is 3.69. The lowest BCUT2D eigenvalue weighted by atomic mass is 10.1. The fourth-order valence-corrected chi connectivity index (χ4v) is 3.66. The first-order chi connectivity index (χ1) is 8.76. The van der Waals surface area contributed by atoms with Gasteiger partial charge in [0.25, 0.3) is 0 Å². The summed E-state index contributed by atoms with van der Waals surface area (Å²) in [6.07, 6.45) is 0. The average molecular weight is 269 g/mol. The van der Waals surface area contributed by atoms with E-state index in [-0.39, 0.29) is 6.61 Å². The fraction of sp³-hybridized carbons (Fsp3) is 0.692. The van der Waals surface area contributed by atoms with E-state index in [4.69, 9.17) is 10.8 Å². The Morgan fingerprint density at radius 3 is 2.61 bits per heavy atom. The minimum atomic E-state index is 0.254. The van der Waals surface area contributed by atoms with Crippen LogP contribution in [0.2, 0.25) is 0 Å². The molecule has 0 aromatic carbocycles. The lowest BCUT2D eigenvalue weighted by molar-refractivity contribution is 0.0866. The fourth-order valence-electron chi connectivity index (χ4n) is 2.59. The van der Waals surface area contributed by atoms with Crippen LogP contribution in [0.15, 0.2) is 11.4 Å². The molecule has 1 saturated heterocycles. The van der Waals surface area contributed by atoms with E-state index in [1.807, 2.05) is 11.3 Å². The van der Waals surface area contributed by atoms with Crippen LogP contribution >= 0.6 is 11.3 Å². The van der Waals surface area contributed by atoms with Gasteiger partial charge in [0, 0.05) is 44.1 Å². The second-order valence-electron chi connectivity index (χ2n) is 4.82. The maximum atomic E-state index is 8.95. The Labute approximate surface area is 113 Å². The van der Waals surface area contributed by atoms with Gasteiger partial charge in [-0.1, -0.05) is 0 Å². The lowest BCUT2D eigenvalue weighted by Crippen LogP contribution is -2.49. The predicted octanol–water partition coefficient (Wildman–Crippen LogP) is 0.666. The molecule has 1 aromatic heterocycles. The molecule has 1 atom stereocenters. The van der Waals surface area contributed by atoms with Crippen molar-refractivity contribution in [2.75, 3.05) is 45.9 Å². The molecule has 1 unspecified atom stereocenters. The summed E-state index contributed by atoms with van der Waals surface area (Å²) >= 11 is 1.81. The predicted molar refractivity (Wildman–Crippen MR) is 76.0 cm³/mol. The molecule has 1 fully saturated rings. The topological polar surface area (TPSA) is 52.7 Å². The summed E-state index contributed by atoms with van der Waals surface area (Å²) in [5, 5.41) is 11.1. The monoisotopic (exact) mass is 269 g/mol. The van der Waals surface area contributed by atoms with Crippen molar-refractivity contribution in [1.82, 2.24) is 9.80 Å². The number of aliphatic hydroxyl groups excluding tert-OH is 1. The summed E-state index contributed by atoms with van der Waals surface area (Å²) in [5.74, 6) is 0. The zero-order chi connectivity index (χ0) is 13.0. The number of nitrogens with zero attached hydrogens (tertiary/aromatic N) is 2. The van der Waals surface area contributed by atoms with Crippen LogP contribution in [0, 0.1) is 6.92 Å². The van der Waals surface area contributed by atoms with Crippen LogP contribution in [0.1, 0.15) is 16.5 Å². The van der Waals surface area contributed by atoms with E-state index in [0.717, 1.165) is 32.7 Å². The van der Waals surface area contributed by atoms with Crippen LogP contribution in [0.25, 0.3) is 0 Å². The van der Waals surface area contributed by atoms with Gasteiger partial charge in [0.1, 0.15) is 0 Å². The first-order valence-corrected chi connectivity index (χ1v) is 7.45. The van der Waals surface area contributed by atoms with Gasteiger partial charge in [-0.15, -0.1) is 11.3 Å². The second-order valence-corrected chi connectivity index (χ2v) is 5.77. The molecule has 18 heavy (non-hydrogen) atoms. The summed E-state index contributed by atoms with van der Waals surface area (Å²) in [7, 11) is 0. The minimum Gasteiger partial charge on any atom is -0.395 e. The largest absolute Gasteiger partial charge is 0.395 e. The zero-order valence-corrected chi connectivity index (χ0v) is 11.8. The summed E-state index contributed by atoms with van der Waals surface area (Å²) in [4.78, 5) is 6.20. The van der Waals surface area contributed by atoms with E-state index in [2.05, 4.69) is 28.2 Å². The van der Waals surface area contributed by atoms with Crippen molar-refractivity contribution in [2.24, 2.45) is 5.73 Å². The molecular formula is C13H23N3OS. The molecule has 102 valence electrons. The molecular weight excluding hydrogens is 246 g/mol. The Hall–Kier alpha value is -0.460. The average Bonchev–Trinajstić information content (AvgIpc) is 2.79. The van der Waals surface area contributed by atoms with Crippen molar-refractivity contribution < 1.29 is 5.11 Å². The van der Waals surface area contributed by atoms with Crippen LogP contribution in [0.4, 0.5) is 0 Å². The Kier molecular flexibility index (Phi) is 5.14. The van der Waals surface area contributed by atoms with Crippen molar-refractivity contribution in [2.45, 2.75) is 13.0 Å². The Bertz CT molecular complexity index is 361. The van der Waals surface area contributed by atoms with E-state index in [1.165, 1.54) is 10.4 Å². The van der Waals surface area contributed by atoms with Gasteiger partial charge < -0.3 is 10.8 Å². The van der Waals surface area contributed by atoms with Crippen LogP contribution < -0.4 is 5.73 Å². The second kappa shape index (κ2) is 6.63. The van der Waals surface area contributed by atoms with E-state index in [0.29, 0.717) is 12.6 Å². The van der Waals surface area contributed by atoms with Crippen molar-refractivity contribution >= 4 is 11.3 Å². The molecule has 0 aliphatic carbocycles. The van der Waals surface area contributed by atoms with Gasteiger partial charge >= 0.3 is 0 Å². The Balaban J connectivity index is 1.97. The van der Waals surface area contributed by atoms with Gasteiger partial charge in [0.05, 0.1) is 12.6 Å². The standard InChI is InChI=1S/C13H23N3OS/c1-11-2-9-18-13(11)12(10-14)16-5-3-15(4-6-16)7-8-17/h2,9,12,17H,3-8,10,14H2,1H3. The molecule has 0 spiro atoms.